The molecule has 0 fully saturated rings. The molecular weight excluding hydrogens is 232 g/mol. The van der Waals surface area contributed by atoms with Crippen LogP contribution in [-0.2, 0) is 0 Å². The third-order valence-corrected chi connectivity index (χ3v) is 0. The molecule has 7 heavy (non-hydrogen) atoms. The molecule has 0 aliphatic rings. The molecule has 0 aromatic rings. The Morgan fingerprint density at radius 2 is 1.43 bits per heavy atom. The zero-order valence-corrected chi connectivity index (χ0v) is 9.26. The molecule has 0 bridgehead atoms. The fraction of sp³-hybridized carbons (Fsp3) is 0.500. The summed E-state index contributed by atoms with van der Waals surface area (Å²) in [4.78, 5) is 0. The Hall–Kier alpha value is 1.47. The maximum absolute atomic E-state index is 3.56. The first-order valence-corrected chi connectivity index (χ1v) is 9.69. The van der Waals surface area contributed by atoms with Gasteiger partial charge >= 0.3 is 16.0 Å². The van der Waals surface area contributed by atoms with Crippen molar-refractivity contribution in [3.8, 4) is 0 Å². The van der Waals surface area contributed by atoms with Crippen LogP contribution in [0.1, 0.15) is 13.8 Å². The van der Waals surface area contributed by atoms with E-state index in [1.165, 1.54) is 5.57 Å². The number of halogens is 2. The van der Waals surface area contributed by atoms with Gasteiger partial charge in [-0.3, -0.25) is 25.8 Å². The van der Waals surface area contributed by atoms with E-state index >= 15 is 0 Å². The summed E-state index contributed by atoms with van der Waals surface area (Å²) < 4.78 is 0. The Balaban J connectivity index is 0. The summed E-state index contributed by atoms with van der Waals surface area (Å²) in [6.45, 7) is 7.50. The van der Waals surface area contributed by atoms with Gasteiger partial charge in [-0.1, -0.05) is 5.57 Å². The molecule has 0 saturated carbocycles. The van der Waals surface area contributed by atoms with Gasteiger partial charge < -0.3 is 0 Å². The Labute approximate surface area is 67.2 Å². The highest BCUT2D eigenvalue weighted by atomic mass is 79.9. The van der Waals surface area contributed by atoms with Crippen LogP contribution in [0.2, 0.25) is 0 Å². The van der Waals surface area contributed by atoms with Gasteiger partial charge in [-0.25, -0.2) is 0 Å². The highest BCUT2D eigenvalue weighted by Crippen LogP contribution is 1.77. The van der Waals surface area contributed by atoms with Crippen molar-refractivity contribution in [2.24, 2.45) is 0 Å². The van der Waals surface area contributed by atoms with Gasteiger partial charge in [0.2, 0.25) is 0 Å². The van der Waals surface area contributed by atoms with Gasteiger partial charge in [0.1, 0.15) is 0 Å². The third-order valence-electron chi connectivity index (χ3n) is 0. The van der Waals surface area contributed by atoms with E-state index < -0.39 is 0 Å². The molecule has 0 unspecified atom stereocenters. The van der Waals surface area contributed by atoms with Crippen molar-refractivity contribution in [2.75, 3.05) is 0 Å². The minimum atomic E-state index is 0.0417. The van der Waals surface area contributed by atoms with Gasteiger partial charge in [-0.15, -0.1) is 6.58 Å². The Kier molecular flexibility index (Phi) is 16.8. The molecule has 0 spiro atoms. The average Bonchev–Trinajstić information content (AvgIpc) is 1.33. The normalized spacial score (nSPS) is 5.14. The Bertz CT molecular complexity index is 41.0. The topological polar surface area (TPSA) is 0 Å². The molecule has 0 heterocycles. The number of allylic oxidation sites excluding steroid dienone is 1. The van der Waals surface area contributed by atoms with E-state index in [0.29, 0.717) is 0 Å². The molecule has 0 aromatic heterocycles. The van der Waals surface area contributed by atoms with E-state index in [4.69, 9.17) is 0 Å². The fourth-order valence-electron chi connectivity index (χ4n) is 0. The SMILES string of the molecule is C=C(C)C.[Br][Mg][Br]. The number of hydrogen-bond donors (Lipinski definition) is 0. The second-order valence-corrected chi connectivity index (χ2v) is 9.39. The van der Waals surface area contributed by atoms with Crippen LogP contribution in [0.4, 0.5) is 0 Å². The van der Waals surface area contributed by atoms with Crippen molar-refractivity contribution in [3.05, 3.63) is 12.2 Å². The summed E-state index contributed by atoms with van der Waals surface area (Å²) in [7, 11) is 0. The predicted molar refractivity (Wildman–Crippen MR) is 44.1 cm³/mol. The molecule has 0 aliphatic carbocycles. The second kappa shape index (κ2) is 10.4. The van der Waals surface area contributed by atoms with E-state index in [9.17, 15) is 0 Å². The molecule has 0 aromatic carbocycles. The molecule has 0 nitrogen and oxygen atoms in total. The van der Waals surface area contributed by atoms with Crippen molar-refractivity contribution in [3.63, 3.8) is 0 Å². The van der Waals surface area contributed by atoms with Gasteiger partial charge in [0, 0.05) is 0 Å². The van der Waals surface area contributed by atoms with Crippen molar-refractivity contribution in [1.82, 2.24) is 0 Å². The van der Waals surface area contributed by atoms with Gasteiger partial charge in [0.05, 0.1) is 0 Å². The highest BCUT2D eigenvalue weighted by molar-refractivity contribution is 9.47. The standard InChI is InChI=1S/C4H8.2BrH.Mg/c1-4(2)3;;;/h1H2,2-3H3;2*1H;/q;;;+2/p-2. The summed E-state index contributed by atoms with van der Waals surface area (Å²) >= 11 is 6.44. The molecule has 0 atom stereocenters. The molecule has 3 heteroatoms. The first-order valence-electron chi connectivity index (χ1n) is 1.89. The van der Waals surface area contributed by atoms with Crippen LogP contribution in [-0.4, -0.2) is 16.0 Å². The lowest BCUT2D eigenvalue weighted by atomic mass is 10.4. The maximum Gasteiger partial charge on any atom is 0.560 e. The average molecular weight is 240 g/mol. The van der Waals surface area contributed by atoms with E-state index in [0.717, 1.165) is 0 Å². The van der Waals surface area contributed by atoms with E-state index in [2.05, 4.69) is 32.3 Å². The quantitative estimate of drug-likeness (QED) is 0.451. The monoisotopic (exact) mass is 238 g/mol. The highest BCUT2D eigenvalue weighted by Gasteiger charge is 1.62. The zero-order chi connectivity index (χ0) is 6.28. The zero-order valence-electron chi connectivity index (χ0n) is 4.67. The minimum absolute atomic E-state index is 0.0417. The van der Waals surface area contributed by atoms with Gasteiger partial charge in [0.15, 0.2) is 0 Å². The smallest absolute Gasteiger partial charge is 0.280 e. The Morgan fingerprint density at radius 3 is 1.43 bits per heavy atom. The largest absolute Gasteiger partial charge is 0.560 e. The molecule has 0 N–H and O–H groups in total. The van der Waals surface area contributed by atoms with E-state index in [1.54, 1.807) is 0 Å². The van der Waals surface area contributed by atoms with Crippen LogP contribution in [0.25, 0.3) is 0 Å². The van der Waals surface area contributed by atoms with E-state index in [-0.39, 0.29) is 16.0 Å². The van der Waals surface area contributed by atoms with Gasteiger partial charge in [-0.05, 0) is 13.8 Å². The first-order chi connectivity index (χ1) is 3.15. The van der Waals surface area contributed by atoms with Gasteiger partial charge in [0.25, 0.3) is 0 Å². The molecule has 0 saturated heterocycles. The lowest BCUT2D eigenvalue weighted by molar-refractivity contribution is 1.42. The summed E-state index contributed by atoms with van der Waals surface area (Å²) in [6, 6.07) is 0. The molecule has 0 radical (unpaired) electrons. The first kappa shape index (κ1) is 11.3. The number of hydrogen-bond acceptors (Lipinski definition) is 0. The van der Waals surface area contributed by atoms with Crippen molar-refractivity contribution < 1.29 is 0 Å². The summed E-state index contributed by atoms with van der Waals surface area (Å²) in [5, 5.41) is 0. The molecular formula is C4H8Br2Mg. The summed E-state index contributed by atoms with van der Waals surface area (Å²) in [6.07, 6.45) is 0. The van der Waals surface area contributed by atoms with Crippen LogP contribution >= 0.6 is 25.8 Å². The molecule has 40 valence electrons. The van der Waals surface area contributed by atoms with Gasteiger partial charge in [-0.2, -0.15) is 0 Å². The second-order valence-electron chi connectivity index (χ2n) is 1.31. The lowest BCUT2D eigenvalue weighted by Gasteiger charge is -1.65. The predicted octanol–water partition coefficient (Wildman–Crippen LogP) is 2.89. The van der Waals surface area contributed by atoms with Crippen LogP contribution in [0.3, 0.4) is 0 Å². The van der Waals surface area contributed by atoms with E-state index in [1.807, 2.05) is 13.8 Å². The lowest BCUT2D eigenvalue weighted by Crippen LogP contribution is -1.43. The van der Waals surface area contributed by atoms with Crippen LogP contribution in [0, 0.1) is 0 Å². The Morgan fingerprint density at radius 1 is 1.43 bits per heavy atom. The molecule has 0 rings (SSSR count). The summed E-state index contributed by atoms with van der Waals surface area (Å²) in [5.41, 5.74) is 1.17. The third kappa shape index (κ3) is 104. The van der Waals surface area contributed by atoms with Crippen LogP contribution in [0.15, 0.2) is 12.2 Å². The van der Waals surface area contributed by atoms with Crippen molar-refractivity contribution in [2.45, 2.75) is 13.8 Å². The van der Waals surface area contributed by atoms with Crippen LogP contribution in [0.5, 0.6) is 0 Å². The van der Waals surface area contributed by atoms with Crippen molar-refractivity contribution >= 4 is 41.8 Å². The summed E-state index contributed by atoms with van der Waals surface area (Å²) in [5.74, 6) is 0. The number of rotatable bonds is 0. The minimum Gasteiger partial charge on any atom is -0.280 e. The molecule has 0 aliphatic heterocycles. The fourth-order valence-corrected chi connectivity index (χ4v) is 0. The van der Waals surface area contributed by atoms with Crippen LogP contribution < -0.4 is 0 Å². The van der Waals surface area contributed by atoms with Crippen molar-refractivity contribution in [1.29, 1.82) is 0 Å². The molecule has 0 amide bonds. The maximum atomic E-state index is 3.56.